The summed E-state index contributed by atoms with van der Waals surface area (Å²) in [5.74, 6) is -0.957. The minimum atomic E-state index is -0.717. The zero-order valence-electron chi connectivity index (χ0n) is 19.3. The number of anilines is 2. The van der Waals surface area contributed by atoms with E-state index in [2.05, 4.69) is 32.2 Å². The van der Waals surface area contributed by atoms with Gasteiger partial charge in [-0.25, -0.2) is 10.5 Å². The van der Waals surface area contributed by atoms with Crippen LogP contribution in [0.3, 0.4) is 0 Å². The number of benzene rings is 1. The van der Waals surface area contributed by atoms with Crippen LogP contribution in [0, 0.1) is 12.8 Å². The molecule has 1 aromatic carbocycles. The second kappa shape index (κ2) is 11.4. The molecular formula is C24H29N5O5. The molecular weight excluding hydrogens is 438 g/mol. The molecule has 2 unspecified atom stereocenters. The highest BCUT2D eigenvalue weighted by atomic mass is 16.6. The molecule has 34 heavy (non-hydrogen) atoms. The number of ketones is 1. The number of nitrogens with two attached hydrogens (primary N) is 1. The summed E-state index contributed by atoms with van der Waals surface area (Å²) in [6.07, 6.45) is 6.17. The molecule has 10 heteroatoms. The molecule has 4 N–H and O–H groups in total. The van der Waals surface area contributed by atoms with E-state index in [1.807, 2.05) is 6.92 Å². The van der Waals surface area contributed by atoms with Crippen LogP contribution in [0.25, 0.3) is 0 Å². The summed E-state index contributed by atoms with van der Waals surface area (Å²) in [5.41, 5.74) is 9.65. The Bertz CT molecular complexity index is 1090. The SMILES string of the molecule is C=CC(=O)CC1CCCCC1Oc1nc(Nc2cc(C(=O)NOC)ccc2C)ncc1C(N)=O. The van der Waals surface area contributed by atoms with Crippen molar-refractivity contribution >= 4 is 29.2 Å². The van der Waals surface area contributed by atoms with Gasteiger partial charge in [0.2, 0.25) is 11.8 Å². The number of rotatable bonds is 10. The Morgan fingerprint density at radius 3 is 2.74 bits per heavy atom. The van der Waals surface area contributed by atoms with Gasteiger partial charge in [0.05, 0.1) is 7.11 Å². The Kier molecular flexibility index (Phi) is 8.31. The van der Waals surface area contributed by atoms with Crippen LogP contribution in [0.1, 0.15) is 58.4 Å². The van der Waals surface area contributed by atoms with Gasteiger partial charge in [-0.1, -0.05) is 19.1 Å². The van der Waals surface area contributed by atoms with Gasteiger partial charge in [0.1, 0.15) is 11.7 Å². The van der Waals surface area contributed by atoms with Gasteiger partial charge in [-0.15, -0.1) is 0 Å². The maximum atomic E-state index is 12.1. The third-order valence-electron chi connectivity index (χ3n) is 5.75. The van der Waals surface area contributed by atoms with Crippen LogP contribution < -0.4 is 21.3 Å². The number of aromatic nitrogens is 2. The van der Waals surface area contributed by atoms with Crippen LogP contribution in [0.15, 0.2) is 37.1 Å². The lowest BCUT2D eigenvalue weighted by atomic mass is 9.83. The second-order valence-electron chi connectivity index (χ2n) is 8.14. The van der Waals surface area contributed by atoms with E-state index in [0.717, 1.165) is 31.2 Å². The quantitative estimate of drug-likeness (QED) is 0.357. The summed E-state index contributed by atoms with van der Waals surface area (Å²) in [5, 5.41) is 3.06. The molecule has 0 saturated heterocycles. The fourth-order valence-electron chi connectivity index (χ4n) is 3.90. The van der Waals surface area contributed by atoms with Gasteiger partial charge in [-0.05, 0) is 50.0 Å². The minimum Gasteiger partial charge on any atom is -0.473 e. The maximum Gasteiger partial charge on any atom is 0.274 e. The number of carbonyl (C=O) groups excluding carboxylic acids is 3. The molecule has 0 spiro atoms. The first-order chi connectivity index (χ1) is 16.3. The van der Waals surface area contributed by atoms with Crippen LogP contribution in [-0.4, -0.2) is 40.8 Å². The number of nitrogens with zero attached hydrogens (tertiary/aromatic N) is 2. The topological polar surface area (TPSA) is 146 Å². The van der Waals surface area contributed by atoms with Crippen molar-refractivity contribution in [2.24, 2.45) is 11.7 Å². The van der Waals surface area contributed by atoms with E-state index >= 15 is 0 Å². The van der Waals surface area contributed by atoms with Crippen molar-refractivity contribution in [1.29, 1.82) is 0 Å². The lowest BCUT2D eigenvalue weighted by molar-refractivity contribution is -0.116. The van der Waals surface area contributed by atoms with Gasteiger partial charge in [0, 0.05) is 29.8 Å². The van der Waals surface area contributed by atoms with E-state index in [0.29, 0.717) is 17.7 Å². The van der Waals surface area contributed by atoms with Gasteiger partial charge >= 0.3 is 0 Å². The Morgan fingerprint density at radius 1 is 1.26 bits per heavy atom. The first-order valence-corrected chi connectivity index (χ1v) is 11.0. The fourth-order valence-corrected chi connectivity index (χ4v) is 3.90. The number of ether oxygens (including phenoxy) is 1. The maximum absolute atomic E-state index is 12.1. The average Bonchev–Trinajstić information content (AvgIpc) is 2.81. The number of hydroxylamine groups is 1. The number of hydrogen-bond donors (Lipinski definition) is 3. The number of carbonyl (C=O) groups is 3. The van der Waals surface area contributed by atoms with Crippen LogP contribution >= 0.6 is 0 Å². The van der Waals surface area contributed by atoms with E-state index < -0.39 is 11.8 Å². The Morgan fingerprint density at radius 2 is 2.03 bits per heavy atom. The van der Waals surface area contributed by atoms with E-state index in [1.54, 1.807) is 18.2 Å². The van der Waals surface area contributed by atoms with Gasteiger partial charge in [0.25, 0.3) is 11.8 Å². The molecule has 0 bridgehead atoms. The van der Waals surface area contributed by atoms with Crippen LogP contribution in [0.2, 0.25) is 0 Å². The van der Waals surface area contributed by atoms with Gasteiger partial charge in [-0.2, -0.15) is 4.98 Å². The standard InChI is InChI=1S/C24H29N5O5/c1-4-17(30)11-15-7-5-6-8-20(15)34-23-18(21(25)31)13-26-24(28-23)27-19-12-16(10-9-14(19)2)22(32)29-33-3/h4,9-10,12-13,15,20H,1,5-8,11H2,2-3H3,(H2,25,31)(H,29,32)(H,26,27,28). The van der Waals surface area contributed by atoms with Crippen LogP contribution in [0.4, 0.5) is 11.6 Å². The summed E-state index contributed by atoms with van der Waals surface area (Å²) < 4.78 is 6.15. The molecule has 1 aliphatic rings. The molecule has 1 aromatic heterocycles. The normalized spacial score (nSPS) is 17.5. The zero-order chi connectivity index (χ0) is 24.7. The molecule has 2 amide bonds. The Labute approximate surface area is 197 Å². The van der Waals surface area contributed by atoms with Crippen molar-refractivity contribution in [1.82, 2.24) is 15.4 Å². The van der Waals surface area contributed by atoms with Crippen LogP contribution in [0.5, 0.6) is 5.88 Å². The first-order valence-electron chi connectivity index (χ1n) is 11.0. The summed E-state index contributed by atoms with van der Waals surface area (Å²) >= 11 is 0. The number of primary amides is 1. The molecule has 180 valence electrons. The summed E-state index contributed by atoms with van der Waals surface area (Å²) in [6, 6.07) is 5.06. The van der Waals surface area contributed by atoms with Crippen molar-refractivity contribution in [3.05, 3.63) is 53.7 Å². The number of hydrogen-bond acceptors (Lipinski definition) is 8. The molecule has 10 nitrogen and oxygen atoms in total. The molecule has 1 heterocycles. The average molecular weight is 468 g/mol. The lowest BCUT2D eigenvalue weighted by Crippen LogP contribution is -2.33. The molecule has 1 fully saturated rings. The van der Waals surface area contributed by atoms with Crippen molar-refractivity contribution in [3.8, 4) is 5.88 Å². The molecule has 2 atom stereocenters. The number of allylic oxidation sites excluding steroid dienone is 1. The largest absolute Gasteiger partial charge is 0.473 e. The van der Waals surface area contributed by atoms with Crippen molar-refractivity contribution < 1.29 is 24.0 Å². The Hall–Kier alpha value is -3.79. The highest BCUT2D eigenvalue weighted by Crippen LogP contribution is 2.32. The number of aryl methyl sites for hydroxylation is 1. The third-order valence-corrected chi connectivity index (χ3v) is 5.75. The smallest absolute Gasteiger partial charge is 0.274 e. The monoisotopic (exact) mass is 467 g/mol. The first kappa shape index (κ1) is 24.8. The van der Waals surface area contributed by atoms with Crippen molar-refractivity contribution in [2.45, 2.75) is 45.1 Å². The fraction of sp³-hybridized carbons (Fsp3) is 0.375. The summed E-state index contributed by atoms with van der Waals surface area (Å²) in [4.78, 5) is 49.3. The molecule has 0 radical (unpaired) electrons. The summed E-state index contributed by atoms with van der Waals surface area (Å²) in [6.45, 7) is 5.41. The highest BCUT2D eigenvalue weighted by molar-refractivity contribution is 5.95. The second-order valence-corrected chi connectivity index (χ2v) is 8.14. The van der Waals surface area contributed by atoms with E-state index in [4.69, 9.17) is 10.5 Å². The van der Waals surface area contributed by atoms with Crippen LogP contribution in [-0.2, 0) is 9.63 Å². The minimum absolute atomic E-state index is 0.00965. The highest BCUT2D eigenvalue weighted by Gasteiger charge is 2.30. The van der Waals surface area contributed by atoms with E-state index in [-0.39, 0.29) is 35.2 Å². The molecule has 0 aliphatic heterocycles. The van der Waals surface area contributed by atoms with Gasteiger partial charge in [0.15, 0.2) is 5.78 Å². The molecule has 3 rings (SSSR count). The summed E-state index contributed by atoms with van der Waals surface area (Å²) in [7, 11) is 1.35. The van der Waals surface area contributed by atoms with Gasteiger partial charge in [-0.3, -0.25) is 19.2 Å². The zero-order valence-corrected chi connectivity index (χ0v) is 19.3. The van der Waals surface area contributed by atoms with Crippen molar-refractivity contribution in [2.75, 3.05) is 12.4 Å². The number of amides is 2. The molecule has 2 aromatic rings. The third kappa shape index (κ3) is 6.16. The predicted octanol–water partition coefficient (Wildman–Crippen LogP) is 3.00. The van der Waals surface area contributed by atoms with E-state index in [9.17, 15) is 14.4 Å². The molecule has 1 aliphatic carbocycles. The Balaban J connectivity index is 1.87. The van der Waals surface area contributed by atoms with E-state index in [1.165, 1.54) is 19.4 Å². The predicted molar refractivity (Wildman–Crippen MR) is 126 cm³/mol. The lowest BCUT2D eigenvalue weighted by Gasteiger charge is -2.31. The van der Waals surface area contributed by atoms with Gasteiger partial charge < -0.3 is 15.8 Å². The number of nitrogens with one attached hydrogen (secondary N) is 2. The van der Waals surface area contributed by atoms with Crippen molar-refractivity contribution in [3.63, 3.8) is 0 Å². The molecule has 1 saturated carbocycles.